The van der Waals surface area contributed by atoms with Crippen LogP contribution in [0.4, 0.5) is 11.4 Å². The maximum Gasteiger partial charge on any atom is 0.345 e. The first-order valence-corrected chi connectivity index (χ1v) is 8.54. The van der Waals surface area contributed by atoms with Gasteiger partial charge in [0, 0.05) is 37.9 Å². The van der Waals surface area contributed by atoms with E-state index in [-0.39, 0.29) is 17.2 Å². The topological polar surface area (TPSA) is 93.0 Å². The van der Waals surface area contributed by atoms with E-state index in [0.717, 1.165) is 5.69 Å². The van der Waals surface area contributed by atoms with E-state index >= 15 is 0 Å². The van der Waals surface area contributed by atoms with Crippen molar-refractivity contribution >= 4 is 23.3 Å². The van der Waals surface area contributed by atoms with Crippen LogP contribution < -0.4 is 4.90 Å². The zero-order valence-electron chi connectivity index (χ0n) is 14.6. The second-order valence-corrected chi connectivity index (χ2v) is 6.05. The maximum atomic E-state index is 12.3. The summed E-state index contributed by atoms with van der Waals surface area (Å²) in [4.78, 5) is 38.5. The van der Waals surface area contributed by atoms with Gasteiger partial charge in [-0.1, -0.05) is 30.3 Å². The first-order chi connectivity index (χ1) is 13.1. The molecule has 0 spiro atoms. The van der Waals surface area contributed by atoms with E-state index in [9.17, 15) is 19.7 Å². The molecular formula is C19H19N3O5. The van der Waals surface area contributed by atoms with Gasteiger partial charge in [-0.2, -0.15) is 0 Å². The molecule has 3 rings (SSSR count). The van der Waals surface area contributed by atoms with Gasteiger partial charge in [0.2, 0.25) is 0 Å². The summed E-state index contributed by atoms with van der Waals surface area (Å²) < 4.78 is 5.00. The SMILES string of the molecule is O=C(OCC(=O)N1CCN(c2ccccc2)CC1)c1ccccc1[N+](=O)[O-]. The van der Waals surface area contributed by atoms with Gasteiger partial charge < -0.3 is 14.5 Å². The van der Waals surface area contributed by atoms with Crippen molar-refractivity contribution in [2.24, 2.45) is 0 Å². The van der Waals surface area contributed by atoms with Gasteiger partial charge in [-0.3, -0.25) is 14.9 Å². The molecule has 1 amide bonds. The first-order valence-electron chi connectivity index (χ1n) is 8.54. The minimum Gasteiger partial charge on any atom is -0.452 e. The van der Waals surface area contributed by atoms with Crippen LogP contribution in [0, 0.1) is 10.1 Å². The Kier molecular flexibility index (Phi) is 5.65. The number of hydrogen-bond donors (Lipinski definition) is 0. The Morgan fingerprint density at radius 2 is 1.59 bits per heavy atom. The van der Waals surface area contributed by atoms with Gasteiger partial charge in [0.25, 0.3) is 11.6 Å². The molecule has 0 bridgehead atoms. The fraction of sp³-hybridized carbons (Fsp3) is 0.263. The highest BCUT2D eigenvalue weighted by Crippen LogP contribution is 2.19. The van der Waals surface area contributed by atoms with Gasteiger partial charge in [-0.15, -0.1) is 0 Å². The molecule has 140 valence electrons. The van der Waals surface area contributed by atoms with Gasteiger partial charge in [-0.25, -0.2) is 4.79 Å². The zero-order valence-corrected chi connectivity index (χ0v) is 14.6. The molecule has 0 saturated carbocycles. The summed E-state index contributed by atoms with van der Waals surface area (Å²) in [6.07, 6.45) is 0. The second kappa shape index (κ2) is 8.31. The Bertz CT molecular complexity index is 832. The number of benzene rings is 2. The molecule has 1 aliphatic rings. The lowest BCUT2D eigenvalue weighted by molar-refractivity contribution is -0.385. The predicted molar refractivity (Wildman–Crippen MR) is 98.6 cm³/mol. The molecule has 1 aliphatic heterocycles. The molecule has 0 unspecified atom stereocenters. The number of ether oxygens (including phenoxy) is 1. The smallest absolute Gasteiger partial charge is 0.345 e. The zero-order chi connectivity index (χ0) is 19.2. The van der Waals surface area contributed by atoms with Gasteiger partial charge in [0.15, 0.2) is 6.61 Å². The highest BCUT2D eigenvalue weighted by atomic mass is 16.6. The quantitative estimate of drug-likeness (QED) is 0.455. The van der Waals surface area contributed by atoms with E-state index in [1.54, 1.807) is 4.90 Å². The van der Waals surface area contributed by atoms with Crippen LogP contribution in [0.15, 0.2) is 54.6 Å². The summed E-state index contributed by atoms with van der Waals surface area (Å²) in [6, 6.07) is 15.4. The number of para-hydroxylation sites is 2. The molecule has 0 aromatic heterocycles. The van der Waals surface area contributed by atoms with Crippen molar-refractivity contribution in [2.45, 2.75) is 0 Å². The van der Waals surface area contributed by atoms with Crippen molar-refractivity contribution in [3.05, 3.63) is 70.3 Å². The molecule has 2 aromatic rings. The van der Waals surface area contributed by atoms with Crippen LogP contribution in [-0.2, 0) is 9.53 Å². The number of nitro groups is 1. The minimum absolute atomic E-state index is 0.163. The number of hydrogen-bond acceptors (Lipinski definition) is 6. The Labute approximate surface area is 156 Å². The molecule has 1 fully saturated rings. The Morgan fingerprint density at radius 3 is 2.26 bits per heavy atom. The summed E-state index contributed by atoms with van der Waals surface area (Å²) in [7, 11) is 0. The lowest BCUT2D eigenvalue weighted by atomic mass is 10.2. The molecule has 0 radical (unpaired) electrons. The van der Waals surface area contributed by atoms with Crippen molar-refractivity contribution < 1.29 is 19.2 Å². The number of esters is 1. The number of amides is 1. The minimum atomic E-state index is -0.876. The molecule has 8 heteroatoms. The average molecular weight is 369 g/mol. The largest absolute Gasteiger partial charge is 0.452 e. The molecule has 8 nitrogen and oxygen atoms in total. The number of carbonyl (C=O) groups excluding carboxylic acids is 2. The third kappa shape index (κ3) is 4.41. The third-order valence-corrected chi connectivity index (χ3v) is 4.40. The van der Waals surface area contributed by atoms with E-state index < -0.39 is 17.5 Å². The Hall–Kier alpha value is -3.42. The van der Waals surface area contributed by atoms with Gasteiger partial charge in [-0.05, 0) is 18.2 Å². The van der Waals surface area contributed by atoms with Crippen LogP contribution in [0.3, 0.4) is 0 Å². The number of anilines is 1. The summed E-state index contributed by atoms with van der Waals surface area (Å²) in [5, 5.41) is 11.0. The van der Waals surface area contributed by atoms with Gasteiger partial charge >= 0.3 is 5.97 Å². The average Bonchev–Trinajstić information content (AvgIpc) is 2.72. The summed E-state index contributed by atoms with van der Waals surface area (Å²) in [5.74, 6) is -1.19. The van der Waals surface area contributed by atoms with E-state index in [1.165, 1.54) is 24.3 Å². The van der Waals surface area contributed by atoms with Crippen LogP contribution in [0.25, 0.3) is 0 Å². The lowest BCUT2D eigenvalue weighted by Crippen LogP contribution is -2.49. The van der Waals surface area contributed by atoms with Gasteiger partial charge in [0.05, 0.1) is 4.92 Å². The fourth-order valence-corrected chi connectivity index (χ4v) is 2.95. The highest BCUT2D eigenvalue weighted by molar-refractivity contribution is 5.95. The van der Waals surface area contributed by atoms with E-state index in [1.807, 2.05) is 30.3 Å². The lowest BCUT2D eigenvalue weighted by Gasteiger charge is -2.36. The van der Waals surface area contributed by atoms with E-state index in [0.29, 0.717) is 26.2 Å². The standard InChI is InChI=1S/C19H19N3O5/c23-18(14-27-19(24)16-8-4-5-9-17(16)22(25)26)21-12-10-20(11-13-21)15-6-2-1-3-7-15/h1-9H,10-14H2. The predicted octanol–water partition coefficient (Wildman–Crippen LogP) is 2.10. The molecule has 1 heterocycles. The molecule has 2 aromatic carbocycles. The van der Waals surface area contributed by atoms with Crippen LogP contribution in [0.2, 0.25) is 0 Å². The van der Waals surface area contributed by atoms with Crippen molar-refractivity contribution in [3.8, 4) is 0 Å². The number of rotatable bonds is 5. The highest BCUT2D eigenvalue weighted by Gasteiger charge is 2.24. The first kappa shape index (κ1) is 18.4. The normalized spacial score (nSPS) is 13.9. The van der Waals surface area contributed by atoms with Crippen molar-refractivity contribution in [3.63, 3.8) is 0 Å². The molecule has 0 N–H and O–H groups in total. The number of nitrogens with zero attached hydrogens (tertiary/aromatic N) is 3. The van der Waals surface area contributed by atoms with Gasteiger partial charge in [0.1, 0.15) is 5.56 Å². The van der Waals surface area contributed by atoms with E-state index in [2.05, 4.69) is 4.90 Å². The molecule has 27 heavy (non-hydrogen) atoms. The van der Waals surface area contributed by atoms with Crippen molar-refractivity contribution in [1.29, 1.82) is 0 Å². The summed E-state index contributed by atoms with van der Waals surface area (Å²) in [6.45, 7) is 1.99. The van der Waals surface area contributed by atoms with Crippen molar-refractivity contribution in [1.82, 2.24) is 4.90 Å². The maximum absolute atomic E-state index is 12.3. The molecule has 0 atom stereocenters. The number of piperazine rings is 1. The molecule has 1 saturated heterocycles. The third-order valence-electron chi connectivity index (χ3n) is 4.40. The summed E-state index contributed by atoms with van der Waals surface area (Å²) >= 11 is 0. The Morgan fingerprint density at radius 1 is 0.963 bits per heavy atom. The monoisotopic (exact) mass is 369 g/mol. The van der Waals surface area contributed by atoms with Crippen LogP contribution in [0.5, 0.6) is 0 Å². The molecule has 0 aliphatic carbocycles. The van der Waals surface area contributed by atoms with Crippen LogP contribution in [0.1, 0.15) is 10.4 Å². The van der Waals surface area contributed by atoms with Crippen LogP contribution in [-0.4, -0.2) is 54.5 Å². The number of carbonyl (C=O) groups is 2. The second-order valence-electron chi connectivity index (χ2n) is 6.05. The Balaban J connectivity index is 1.52. The van der Waals surface area contributed by atoms with Crippen LogP contribution >= 0.6 is 0 Å². The fourth-order valence-electron chi connectivity index (χ4n) is 2.95. The van der Waals surface area contributed by atoms with E-state index in [4.69, 9.17) is 4.74 Å². The summed E-state index contributed by atoms with van der Waals surface area (Å²) in [5.41, 5.74) is 0.600. The molecular weight excluding hydrogens is 350 g/mol. The number of nitro benzene ring substituents is 1. The van der Waals surface area contributed by atoms with Crippen molar-refractivity contribution in [2.75, 3.05) is 37.7 Å².